The first-order valence-corrected chi connectivity index (χ1v) is 10.2. The standard InChI is InChI=1S/C20H21FN2O4S/c1-27-17-9-6-16(7-10-17)8-11-20(24)22-12-14-23(15-13-22)28(25,26)19-5-3-2-4-18(19)21/h2-11H,12-15H2,1H3/b11-8+. The topological polar surface area (TPSA) is 66.9 Å². The molecule has 0 radical (unpaired) electrons. The maximum Gasteiger partial charge on any atom is 0.246 e. The van der Waals surface area contributed by atoms with Crippen LogP contribution >= 0.6 is 0 Å². The van der Waals surface area contributed by atoms with Gasteiger partial charge in [-0.1, -0.05) is 24.3 Å². The molecule has 2 aromatic rings. The predicted octanol–water partition coefficient (Wildman–Crippen LogP) is 2.38. The fourth-order valence-electron chi connectivity index (χ4n) is 2.93. The third-order valence-electron chi connectivity index (χ3n) is 4.54. The molecule has 1 fully saturated rings. The molecule has 1 heterocycles. The van der Waals surface area contributed by atoms with E-state index < -0.39 is 15.8 Å². The molecular weight excluding hydrogens is 383 g/mol. The predicted molar refractivity (Wildman–Crippen MR) is 104 cm³/mol. The van der Waals surface area contributed by atoms with E-state index >= 15 is 0 Å². The van der Waals surface area contributed by atoms with Crippen LogP contribution in [0, 0.1) is 5.82 Å². The number of carbonyl (C=O) groups is 1. The minimum Gasteiger partial charge on any atom is -0.497 e. The second kappa shape index (κ2) is 8.53. The number of piperazine rings is 1. The van der Waals surface area contributed by atoms with E-state index in [2.05, 4.69) is 0 Å². The molecule has 0 unspecified atom stereocenters. The molecule has 1 aliphatic rings. The number of amides is 1. The van der Waals surface area contributed by atoms with Gasteiger partial charge in [0, 0.05) is 32.3 Å². The van der Waals surface area contributed by atoms with Gasteiger partial charge >= 0.3 is 0 Å². The highest BCUT2D eigenvalue weighted by atomic mass is 32.2. The van der Waals surface area contributed by atoms with Crippen molar-refractivity contribution in [1.29, 1.82) is 0 Å². The summed E-state index contributed by atoms with van der Waals surface area (Å²) in [5.74, 6) is -0.238. The van der Waals surface area contributed by atoms with Crippen LogP contribution in [0.1, 0.15) is 5.56 Å². The van der Waals surface area contributed by atoms with Gasteiger partial charge in [0.25, 0.3) is 0 Å². The van der Waals surface area contributed by atoms with Crippen molar-refractivity contribution in [2.45, 2.75) is 4.90 Å². The molecule has 0 bridgehead atoms. The first-order valence-electron chi connectivity index (χ1n) is 8.77. The number of ether oxygens (including phenoxy) is 1. The Bertz CT molecular complexity index is 966. The number of benzene rings is 2. The van der Waals surface area contributed by atoms with Crippen molar-refractivity contribution in [1.82, 2.24) is 9.21 Å². The summed E-state index contributed by atoms with van der Waals surface area (Å²) < 4.78 is 45.4. The highest BCUT2D eigenvalue weighted by Crippen LogP contribution is 2.20. The number of hydrogen-bond donors (Lipinski definition) is 0. The summed E-state index contributed by atoms with van der Waals surface area (Å²) in [6.45, 7) is 0.747. The Morgan fingerprint density at radius 3 is 2.29 bits per heavy atom. The lowest BCUT2D eigenvalue weighted by Crippen LogP contribution is -2.50. The smallest absolute Gasteiger partial charge is 0.246 e. The number of sulfonamides is 1. The number of methoxy groups -OCH3 is 1. The van der Waals surface area contributed by atoms with Gasteiger partial charge < -0.3 is 9.64 Å². The van der Waals surface area contributed by atoms with E-state index in [-0.39, 0.29) is 37.0 Å². The Balaban J connectivity index is 1.60. The molecule has 0 saturated carbocycles. The van der Waals surface area contributed by atoms with Crippen molar-refractivity contribution in [3.63, 3.8) is 0 Å². The lowest BCUT2D eigenvalue weighted by molar-refractivity contribution is -0.127. The lowest BCUT2D eigenvalue weighted by Gasteiger charge is -2.33. The van der Waals surface area contributed by atoms with E-state index in [4.69, 9.17) is 4.74 Å². The van der Waals surface area contributed by atoms with Crippen LogP contribution in [-0.4, -0.2) is 56.8 Å². The molecule has 0 aliphatic carbocycles. The first kappa shape index (κ1) is 20.0. The van der Waals surface area contributed by atoms with Crippen LogP contribution < -0.4 is 4.74 Å². The Labute approximate surface area is 163 Å². The molecule has 8 heteroatoms. The van der Waals surface area contributed by atoms with Crippen molar-refractivity contribution >= 4 is 22.0 Å². The summed E-state index contributed by atoms with van der Waals surface area (Å²) in [6, 6.07) is 12.6. The fourth-order valence-corrected chi connectivity index (χ4v) is 4.42. The van der Waals surface area contributed by atoms with Gasteiger partial charge in [-0.05, 0) is 35.9 Å². The van der Waals surface area contributed by atoms with Crippen LogP contribution in [-0.2, 0) is 14.8 Å². The molecule has 1 saturated heterocycles. The van der Waals surface area contributed by atoms with Gasteiger partial charge in [0.05, 0.1) is 7.11 Å². The van der Waals surface area contributed by atoms with Gasteiger partial charge in [-0.25, -0.2) is 12.8 Å². The average molecular weight is 404 g/mol. The zero-order valence-electron chi connectivity index (χ0n) is 15.4. The van der Waals surface area contributed by atoms with Gasteiger partial charge in [-0.15, -0.1) is 0 Å². The van der Waals surface area contributed by atoms with Crippen molar-refractivity contribution < 1.29 is 22.3 Å². The Morgan fingerprint density at radius 1 is 1.04 bits per heavy atom. The van der Waals surface area contributed by atoms with E-state index in [0.29, 0.717) is 0 Å². The van der Waals surface area contributed by atoms with E-state index in [1.165, 1.54) is 28.6 Å². The van der Waals surface area contributed by atoms with Crippen molar-refractivity contribution in [2.75, 3.05) is 33.3 Å². The fraction of sp³-hybridized carbons (Fsp3) is 0.250. The van der Waals surface area contributed by atoms with E-state index in [9.17, 15) is 17.6 Å². The van der Waals surface area contributed by atoms with Crippen LogP contribution in [0.2, 0.25) is 0 Å². The molecular formula is C20H21FN2O4S. The van der Waals surface area contributed by atoms with Gasteiger partial charge in [0.2, 0.25) is 15.9 Å². The maximum absolute atomic E-state index is 13.9. The lowest BCUT2D eigenvalue weighted by atomic mass is 10.2. The highest BCUT2D eigenvalue weighted by Gasteiger charge is 2.31. The van der Waals surface area contributed by atoms with Crippen LogP contribution in [0.3, 0.4) is 0 Å². The second-order valence-corrected chi connectivity index (χ2v) is 8.17. The summed E-state index contributed by atoms with van der Waals surface area (Å²) in [5.41, 5.74) is 0.856. The number of carbonyl (C=O) groups excluding carboxylic acids is 1. The molecule has 2 aromatic carbocycles. The Kier molecular flexibility index (Phi) is 6.11. The minimum absolute atomic E-state index is 0.124. The molecule has 1 aliphatic heterocycles. The van der Waals surface area contributed by atoms with Crippen molar-refractivity contribution in [3.8, 4) is 5.75 Å². The Morgan fingerprint density at radius 2 is 1.68 bits per heavy atom. The van der Waals surface area contributed by atoms with Gasteiger partial charge in [-0.2, -0.15) is 4.31 Å². The zero-order chi connectivity index (χ0) is 20.1. The van der Waals surface area contributed by atoms with Gasteiger partial charge in [0.1, 0.15) is 16.5 Å². The van der Waals surface area contributed by atoms with Gasteiger partial charge in [-0.3, -0.25) is 4.79 Å². The van der Waals surface area contributed by atoms with Crippen molar-refractivity contribution in [2.24, 2.45) is 0 Å². The largest absolute Gasteiger partial charge is 0.497 e. The molecule has 1 amide bonds. The molecule has 0 aromatic heterocycles. The summed E-state index contributed by atoms with van der Waals surface area (Å²) >= 11 is 0. The number of nitrogens with zero attached hydrogens (tertiary/aromatic N) is 2. The highest BCUT2D eigenvalue weighted by molar-refractivity contribution is 7.89. The molecule has 148 valence electrons. The average Bonchev–Trinajstić information content (AvgIpc) is 2.72. The van der Waals surface area contributed by atoms with E-state index in [1.807, 2.05) is 12.1 Å². The third kappa shape index (κ3) is 4.40. The van der Waals surface area contributed by atoms with E-state index in [1.54, 1.807) is 30.2 Å². The van der Waals surface area contributed by atoms with Crippen LogP contribution in [0.25, 0.3) is 6.08 Å². The van der Waals surface area contributed by atoms with Gasteiger partial charge in [0.15, 0.2) is 0 Å². The molecule has 0 spiro atoms. The number of halogens is 1. The summed E-state index contributed by atoms with van der Waals surface area (Å²) in [6.07, 6.45) is 3.16. The number of hydrogen-bond acceptors (Lipinski definition) is 4. The number of rotatable bonds is 5. The van der Waals surface area contributed by atoms with Crippen LogP contribution in [0.15, 0.2) is 59.5 Å². The van der Waals surface area contributed by atoms with Crippen LogP contribution in [0.5, 0.6) is 5.75 Å². The van der Waals surface area contributed by atoms with E-state index in [0.717, 1.165) is 17.4 Å². The second-order valence-electron chi connectivity index (χ2n) is 6.27. The van der Waals surface area contributed by atoms with Crippen LogP contribution in [0.4, 0.5) is 4.39 Å². The molecule has 0 N–H and O–H groups in total. The summed E-state index contributed by atoms with van der Waals surface area (Å²) in [5, 5.41) is 0. The molecule has 3 rings (SSSR count). The summed E-state index contributed by atoms with van der Waals surface area (Å²) in [4.78, 5) is 13.6. The Hall–Kier alpha value is -2.71. The summed E-state index contributed by atoms with van der Waals surface area (Å²) in [7, 11) is -2.33. The SMILES string of the molecule is COc1ccc(/C=C/C(=O)N2CCN(S(=O)(=O)c3ccccc3F)CC2)cc1. The third-order valence-corrected chi connectivity index (χ3v) is 6.47. The molecule has 28 heavy (non-hydrogen) atoms. The van der Waals surface area contributed by atoms with Crippen molar-refractivity contribution in [3.05, 3.63) is 66.0 Å². The molecule has 0 atom stereocenters. The molecule has 6 nitrogen and oxygen atoms in total. The normalized spacial score (nSPS) is 15.7. The quantitative estimate of drug-likeness (QED) is 0.718. The zero-order valence-corrected chi connectivity index (χ0v) is 16.2. The monoisotopic (exact) mass is 404 g/mol. The first-order chi connectivity index (χ1) is 13.4. The minimum atomic E-state index is -3.91. The maximum atomic E-state index is 13.9.